The van der Waals surface area contributed by atoms with E-state index in [4.69, 9.17) is 21.7 Å². The molecule has 0 aliphatic carbocycles. The van der Waals surface area contributed by atoms with Crippen LogP contribution < -0.4 is 10.1 Å². The number of esters is 1. The number of pyridine rings is 1. The highest BCUT2D eigenvalue weighted by atomic mass is 32.1. The molecule has 2 N–H and O–H groups in total. The van der Waals surface area contributed by atoms with E-state index in [9.17, 15) is 18.7 Å². The maximum atomic E-state index is 13.5. The Hall–Kier alpha value is -3.59. The van der Waals surface area contributed by atoms with Crippen molar-refractivity contribution in [2.75, 3.05) is 7.11 Å². The number of nitrogens with zero attached hydrogens (tertiary/aromatic N) is 1. The van der Waals surface area contributed by atoms with Gasteiger partial charge in [0.25, 0.3) is 0 Å². The average molecular weight is 487 g/mol. The smallest absolute Gasteiger partial charge is 0.328 e. The van der Waals surface area contributed by atoms with Gasteiger partial charge >= 0.3 is 5.97 Å². The minimum absolute atomic E-state index is 0.0436. The van der Waals surface area contributed by atoms with E-state index in [-0.39, 0.29) is 22.2 Å². The topological polar surface area (TPSA) is 80.7 Å². The second kappa shape index (κ2) is 11.0. The molecule has 178 valence electrons. The second-order valence-corrected chi connectivity index (χ2v) is 8.04. The summed E-state index contributed by atoms with van der Waals surface area (Å²) in [6.07, 6.45) is 0.743. The van der Waals surface area contributed by atoms with Gasteiger partial charge in [0.1, 0.15) is 34.5 Å². The summed E-state index contributed by atoms with van der Waals surface area (Å²) in [4.78, 5) is 16.9. The van der Waals surface area contributed by atoms with Gasteiger partial charge in [0.2, 0.25) is 0 Å². The number of carbonyl (C=O) groups excluding carboxylic acids is 1. The SMILES string of the molecule is COc1ccnc(C(=S)NC(C)C(=O)OC(C)C(c2ccc(F)cc2)c2ccc(F)cc2)c1O. The molecule has 0 radical (unpaired) electrons. The fourth-order valence-corrected chi connectivity index (χ4v) is 3.85. The monoisotopic (exact) mass is 486 g/mol. The van der Waals surface area contributed by atoms with E-state index in [0.29, 0.717) is 11.1 Å². The van der Waals surface area contributed by atoms with E-state index in [2.05, 4.69) is 10.3 Å². The number of hydrogen-bond donors (Lipinski definition) is 2. The first-order chi connectivity index (χ1) is 16.2. The highest BCUT2D eigenvalue weighted by Gasteiger charge is 2.28. The number of hydrogen-bond acceptors (Lipinski definition) is 6. The maximum absolute atomic E-state index is 13.5. The van der Waals surface area contributed by atoms with Gasteiger partial charge in [-0.05, 0) is 49.2 Å². The summed E-state index contributed by atoms with van der Waals surface area (Å²) >= 11 is 5.29. The Morgan fingerprint density at radius 2 is 1.53 bits per heavy atom. The predicted octanol–water partition coefficient (Wildman–Crippen LogP) is 4.49. The molecule has 0 spiro atoms. The number of methoxy groups -OCH3 is 1. The van der Waals surface area contributed by atoms with Gasteiger partial charge in [-0.2, -0.15) is 0 Å². The minimum Gasteiger partial charge on any atom is -0.503 e. The van der Waals surface area contributed by atoms with Crippen LogP contribution in [0.15, 0.2) is 60.8 Å². The average Bonchev–Trinajstić information content (AvgIpc) is 2.81. The first kappa shape index (κ1) is 25.0. The number of rotatable bonds is 8. The molecule has 0 amide bonds. The summed E-state index contributed by atoms with van der Waals surface area (Å²) in [5, 5.41) is 13.0. The third kappa shape index (κ3) is 5.85. The standard InChI is InChI=1S/C25H24F2N2O4S/c1-14(29-24(34)22-23(30)20(32-3)12-13-28-22)25(31)33-15(2)21(16-4-8-18(26)9-5-16)17-6-10-19(27)11-7-17/h4-15,21,30H,1-3H3,(H,29,34). The molecule has 0 aliphatic heterocycles. The lowest BCUT2D eigenvalue weighted by atomic mass is 9.87. The molecule has 2 atom stereocenters. The van der Waals surface area contributed by atoms with Crippen LogP contribution >= 0.6 is 12.2 Å². The molecule has 0 saturated carbocycles. The molecule has 2 unspecified atom stereocenters. The van der Waals surface area contributed by atoms with Gasteiger partial charge in [-0.3, -0.25) is 0 Å². The summed E-state index contributed by atoms with van der Waals surface area (Å²) in [5.74, 6) is -1.91. The van der Waals surface area contributed by atoms with Gasteiger partial charge < -0.3 is 19.9 Å². The predicted molar refractivity (Wildman–Crippen MR) is 127 cm³/mol. The Kier molecular flexibility index (Phi) is 8.12. The van der Waals surface area contributed by atoms with Crippen LogP contribution in [0.5, 0.6) is 11.5 Å². The Balaban J connectivity index is 1.76. The molecule has 0 saturated heterocycles. The Morgan fingerprint density at radius 1 is 1.00 bits per heavy atom. The summed E-state index contributed by atoms with van der Waals surface area (Å²) in [6.45, 7) is 3.26. The number of aromatic nitrogens is 1. The number of thiocarbonyl (C=S) groups is 1. The Bertz CT molecular complexity index is 1110. The van der Waals surface area contributed by atoms with Crippen molar-refractivity contribution in [3.63, 3.8) is 0 Å². The number of aromatic hydroxyl groups is 1. The van der Waals surface area contributed by atoms with E-state index in [1.54, 1.807) is 38.1 Å². The zero-order valence-corrected chi connectivity index (χ0v) is 19.6. The molecular formula is C25H24F2N2O4S. The molecule has 2 aromatic carbocycles. The lowest BCUT2D eigenvalue weighted by Gasteiger charge is -2.27. The van der Waals surface area contributed by atoms with Crippen LogP contribution in [0.25, 0.3) is 0 Å². The second-order valence-electron chi connectivity index (χ2n) is 7.63. The van der Waals surface area contributed by atoms with Gasteiger partial charge in [0, 0.05) is 18.2 Å². The third-order valence-electron chi connectivity index (χ3n) is 5.25. The van der Waals surface area contributed by atoms with Crippen molar-refractivity contribution in [3.05, 3.63) is 89.2 Å². The lowest BCUT2D eigenvalue weighted by molar-refractivity contribution is -0.150. The van der Waals surface area contributed by atoms with Crippen molar-refractivity contribution in [3.8, 4) is 11.5 Å². The van der Waals surface area contributed by atoms with Crippen LogP contribution in [0.1, 0.15) is 36.6 Å². The zero-order valence-electron chi connectivity index (χ0n) is 18.8. The van der Waals surface area contributed by atoms with Crippen molar-refractivity contribution >= 4 is 23.2 Å². The van der Waals surface area contributed by atoms with Gasteiger partial charge in [-0.1, -0.05) is 36.5 Å². The van der Waals surface area contributed by atoms with Crippen LogP contribution in [-0.4, -0.2) is 40.3 Å². The summed E-state index contributed by atoms with van der Waals surface area (Å²) in [6, 6.07) is 12.3. The van der Waals surface area contributed by atoms with Crippen LogP contribution in [0, 0.1) is 11.6 Å². The van der Waals surface area contributed by atoms with Gasteiger partial charge in [-0.15, -0.1) is 0 Å². The highest BCUT2D eigenvalue weighted by molar-refractivity contribution is 7.80. The normalized spacial score (nSPS) is 12.6. The molecule has 0 fully saturated rings. The van der Waals surface area contributed by atoms with E-state index in [0.717, 1.165) is 0 Å². The third-order valence-corrected chi connectivity index (χ3v) is 5.56. The Labute approximate surface area is 201 Å². The van der Waals surface area contributed by atoms with Crippen molar-refractivity contribution < 1.29 is 28.2 Å². The minimum atomic E-state index is -0.871. The molecule has 9 heteroatoms. The van der Waals surface area contributed by atoms with E-state index in [1.807, 2.05) is 0 Å². The van der Waals surface area contributed by atoms with Crippen LogP contribution in [0.4, 0.5) is 8.78 Å². The number of halogens is 2. The van der Waals surface area contributed by atoms with Crippen LogP contribution in [-0.2, 0) is 9.53 Å². The summed E-state index contributed by atoms with van der Waals surface area (Å²) in [5.41, 5.74) is 1.47. The molecule has 3 aromatic rings. The quantitative estimate of drug-likeness (QED) is 0.359. The zero-order chi connectivity index (χ0) is 24.8. The molecule has 0 bridgehead atoms. The number of nitrogens with one attached hydrogen (secondary N) is 1. The van der Waals surface area contributed by atoms with E-state index < -0.39 is 35.7 Å². The summed E-state index contributed by atoms with van der Waals surface area (Å²) < 4.78 is 37.7. The van der Waals surface area contributed by atoms with E-state index >= 15 is 0 Å². The fourth-order valence-electron chi connectivity index (χ4n) is 3.52. The molecule has 1 aromatic heterocycles. The number of carbonyl (C=O) groups is 1. The van der Waals surface area contributed by atoms with Crippen LogP contribution in [0.2, 0.25) is 0 Å². The van der Waals surface area contributed by atoms with Gasteiger partial charge in [0.05, 0.1) is 7.11 Å². The van der Waals surface area contributed by atoms with Crippen molar-refractivity contribution in [1.29, 1.82) is 0 Å². The van der Waals surface area contributed by atoms with Crippen molar-refractivity contribution in [2.24, 2.45) is 0 Å². The van der Waals surface area contributed by atoms with E-state index in [1.165, 1.54) is 43.6 Å². The highest BCUT2D eigenvalue weighted by Crippen LogP contribution is 2.31. The number of benzene rings is 2. The number of ether oxygens (including phenoxy) is 2. The largest absolute Gasteiger partial charge is 0.503 e. The fraction of sp³-hybridized carbons (Fsp3) is 0.240. The lowest BCUT2D eigenvalue weighted by Crippen LogP contribution is -2.41. The van der Waals surface area contributed by atoms with Gasteiger partial charge in [-0.25, -0.2) is 18.6 Å². The van der Waals surface area contributed by atoms with Crippen molar-refractivity contribution in [2.45, 2.75) is 31.9 Å². The molecular weight excluding hydrogens is 462 g/mol. The van der Waals surface area contributed by atoms with Gasteiger partial charge in [0.15, 0.2) is 11.5 Å². The molecule has 3 rings (SSSR count). The molecule has 0 aliphatic rings. The first-order valence-electron chi connectivity index (χ1n) is 10.5. The first-order valence-corrected chi connectivity index (χ1v) is 10.9. The van der Waals surface area contributed by atoms with Crippen molar-refractivity contribution in [1.82, 2.24) is 10.3 Å². The summed E-state index contributed by atoms with van der Waals surface area (Å²) in [7, 11) is 1.40. The Morgan fingerprint density at radius 3 is 2.03 bits per heavy atom. The van der Waals surface area contributed by atoms with Crippen LogP contribution in [0.3, 0.4) is 0 Å². The molecule has 6 nitrogen and oxygen atoms in total. The molecule has 34 heavy (non-hydrogen) atoms. The molecule has 1 heterocycles. The maximum Gasteiger partial charge on any atom is 0.328 e.